The third kappa shape index (κ3) is 4.41. The van der Waals surface area contributed by atoms with Gasteiger partial charge in [-0.2, -0.15) is 0 Å². The molecule has 0 bridgehead atoms. The van der Waals surface area contributed by atoms with E-state index in [1.807, 2.05) is 25.2 Å². The maximum absolute atomic E-state index is 13.6. The van der Waals surface area contributed by atoms with Crippen LogP contribution < -0.4 is 5.32 Å². The van der Waals surface area contributed by atoms with Gasteiger partial charge in [-0.15, -0.1) is 0 Å². The summed E-state index contributed by atoms with van der Waals surface area (Å²) >= 11 is 0. The number of alkyl halides is 2. The topological polar surface area (TPSA) is 67.2 Å². The summed E-state index contributed by atoms with van der Waals surface area (Å²) in [7, 11) is 2.00. The zero-order chi connectivity index (χ0) is 23.9. The number of aryl methyl sites for hydroxylation is 1. The van der Waals surface area contributed by atoms with Crippen LogP contribution in [0.3, 0.4) is 0 Å². The highest BCUT2D eigenvalue weighted by Gasteiger charge is 2.44. The van der Waals surface area contributed by atoms with Crippen molar-refractivity contribution in [2.75, 3.05) is 18.4 Å². The van der Waals surface area contributed by atoms with Crippen LogP contribution in [0.1, 0.15) is 54.1 Å². The molecular formula is C26H28F2N4O2. The fraction of sp³-hybridized carbons (Fsp3) is 0.423. The molecule has 3 heterocycles. The van der Waals surface area contributed by atoms with Gasteiger partial charge in [0.1, 0.15) is 5.69 Å². The lowest BCUT2D eigenvalue weighted by Crippen LogP contribution is -2.41. The molecule has 2 fully saturated rings. The lowest BCUT2D eigenvalue weighted by atomic mass is 9.88. The van der Waals surface area contributed by atoms with Crippen molar-refractivity contribution < 1.29 is 18.4 Å². The number of hydrogen-bond donors (Lipinski definition) is 1. The van der Waals surface area contributed by atoms with Crippen LogP contribution in [-0.4, -0.2) is 45.3 Å². The molecule has 6 nitrogen and oxygen atoms in total. The number of carbonyl (C=O) groups is 2. The molecule has 0 radical (unpaired) electrons. The molecule has 1 saturated heterocycles. The van der Waals surface area contributed by atoms with E-state index >= 15 is 0 Å². The molecule has 5 rings (SSSR count). The Balaban J connectivity index is 1.30. The molecule has 1 saturated carbocycles. The number of fused-ring (bicyclic) bond motifs is 1. The third-order valence-electron chi connectivity index (χ3n) is 7.17. The summed E-state index contributed by atoms with van der Waals surface area (Å²) in [6.45, 7) is 1.16. The standard InChI is InChI=1S/C26H28F2N4O2/c1-31-16-21(17-8-12-32(13-9-17)25(34)18-7-10-26(27,28)15-18)20-14-19(5-6-23(20)31)30-24(33)22-4-2-3-11-29-22/h2-6,11,14,16-18H,7-10,12-13,15H2,1H3,(H,30,33). The first-order chi connectivity index (χ1) is 16.3. The van der Waals surface area contributed by atoms with E-state index in [1.54, 1.807) is 29.3 Å². The smallest absolute Gasteiger partial charge is 0.274 e. The number of hydrogen-bond acceptors (Lipinski definition) is 3. The monoisotopic (exact) mass is 466 g/mol. The number of benzene rings is 1. The molecule has 8 heteroatoms. The van der Waals surface area contributed by atoms with E-state index in [4.69, 9.17) is 0 Å². The minimum absolute atomic E-state index is 0.118. The van der Waals surface area contributed by atoms with E-state index < -0.39 is 11.8 Å². The lowest BCUT2D eigenvalue weighted by Gasteiger charge is -2.33. The second kappa shape index (κ2) is 8.81. The van der Waals surface area contributed by atoms with Gasteiger partial charge in [0.25, 0.3) is 5.91 Å². The minimum Gasteiger partial charge on any atom is -0.350 e. The lowest BCUT2D eigenvalue weighted by molar-refractivity contribution is -0.137. The molecule has 3 aromatic rings. The van der Waals surface area contributed by atoms with Crippen molar-refractivity contribution in [3.8, 4) is 0 Å². The molecule has 1 N–H and O–H groups in total. The Morgan fingerprint density at radius 3 is 2.59 bits per heavy atom. The molecule has 1 aromatic carbocycles. The van der Waals surface area contributed by atoms with Crippen molar-refractivity contribution >= 4 is 28.4 Å². The van der Waals surface area contributed by atoms with Crippen LogP contribution in [0.2, 0.25) is 0 Å². The summed E-state index contributed by atoms with van der Waals surface area (Å²) in [4.78, 5) is 31.2. The van der Waals surface area contributed by atoms with Crippen molar-refractivity contribution in [1.82, 2.24) is 14.5 Å². The molecule has 2 amide bonds. The Morgan fingerprint density at radius 2 is 1.91 bits per heavy atom. The molecule has 2 aromatic heterocycles. The minimum atomic E-state index is -2.70. The predicted molar refractivity (Wildman–Crippen MR) is 126 cm³/mol. The summed E-state index contributed by atoms with van der Waals surface area (Å²) in [6, 6.07) is 11.1. The summed E-state index contributed by atoms with van der Waals surface area (Å²) in [5.74, 6) is -3.37. The third-order valence-corrected chi connectivity index (χ3v) is 7.17. The number of piperidine rings is 1. The van der Waals surface area contributed by atoms with Crippen molar-refractivity contribution in [3.63, 3.8) is 0 Å². The van der Waals surface area contributed by atoms with E-state index in [-0.39, 0.29) is 37.0 Å². The first-order valence-corrected chi connectivity index (χ1v) is 11.8. The average molecular weight is 467 g/mol. The molecule has 0 spiro atoms. The highest BCUT2D eigenvalue weighted by atomic mass is 19.3. The Kier molecular flexibility index (Phi) is 5.83. The number of amides is 2. The van der Waals surface area contributed by atoms with Gasteiger partial charge in [-0.1, -0.05) is 6.07 Å². The van der Waals surface area contributed by atoms with Crippen LogP contribution in [0.5, 0.6) is 0 Å². The zero-order valence-electron chi connectivity index (χ0n) is 19.1. The molecule has 1 aliphatic heterocycles. The van der Waals surface area contributed by atoms with Crippen LogP contribution >= 0.6 is 0 Å². The molecule has 1 atom stereocenters. The summed E-state index contributed by atoms with van der Waals surface area (Å²) in [5, 5.41) is 4.00. The fourth-order valence-electron chi connectivity index (χ4n) is 5.35. The number of nitrogens with one attached hydrogen (secondary N) is 1. The van der Waals surface area contributed by atoms with Crippen LogP contribution in [0.4, 0.5) is 14.5 Å². The summed E-state index contributed by atoms with van der Waals surface area (Å²) in [6.07, 6.45) is 5.06. The maximum atomic E-state index is 13.6. The second-order valence-corrected chi connectivity index (χ2v) is 9.49. The van der Waals surface area contributed by atoms with Crippen molar-refractivity contribution in [2.45, 2.75) is 43.9 Å². The number of pyridine rings is 1. The molecule has 2 aliphatic rings. The van der Waals surface area contributed by atoms with Crippen LogP contribution in [0.25, 0.3) is 10.9 Å². The van der Waals surface area contributed by atoms with Crippen LogP contribution in [-0.2, 0) is 11.8 Å². The second-order valence-electron chi connectivity index (χ2n) is 9.49. The largest absolute Gasteiger partial charge is 0.350 e. The Bertz CT molecular complexity index is 1220. The van der Waals surface area contributed by atoms with Gasteiger partial charge in [0, 0.05) is 67.9 Å². The number of nitrogens with zero attached hydrogens (tertiary/aromatic N) is 3. The summed E-state index contributed by atoms with van der Waals surface area (Å²) in [5.41, 5.74) is 3.31. The number of carbonyl (C=O) groups excluding carboxylic acids is 2. The van der Waals surface area contributed by atoms with Gasteiger partial charge in [0.2, 0.25) is 11.8 Å². The zero-order valence-corrected chi connectivity index (χ0v) is 19.1. The van der Waals surface area contributed by atoms with Gasteiger partial charge < -0.3 is 14.8 Å². The number of aromatic nitrogens is 2. The normalized spacial score (nSPS) is 20.6. The van der Waals surface area contributed by atoms with Crippen molar-refractivity contribution in [2.24, 2.45) is 13.0 Å². The van der Waals surface area contributed by atoms with Gasteiger partial charge in [-0.05, 0) is 61.1 Å². The molecular weight excluding hydrogens is 438 g/mol. The SMILES string of the molecule is Cn1cc(C2CCN(C(=O)C3CCC(F)(F)C3)CC2)c2cc(NC(=O)c3ccccn3)ccc21. The van der Waals surface area contributed by atoms with Crippen molar-refractivity contribution in [3.05, 3.63) is 60.0 Å². The van der Waals surface area contributed by atoms with Gasteiger partial charge in [0.05, 0.1) is 0 Å². The maximum Gasteiger partial charge on any atom is 0.274 e. The summed E-state index contributed by atoms with van der Waals surface area (Å²) < 4.78 is 29.2. The van der Waals surface area contributed by atoms with Crippen LogP contribution in [0.15, 0.2) is 48.8 Å². The van der Waals surface area contributed by atoms with Crippen molar-refractivity contribution in [1.29, 1.82) is 0 Å². The van der Waals surface area contributed by atoms with E-state index in [2.05, 4.69) is 21.1 Å². The first-order valence-electron chi connectivity index (χ1n) is 11.8. The van der Waals surface area contributed by atoms with Gasteiger partial charge in [-0.3, -0.25) is 14.6 Å². The Labute approximate surface area is 197 Å². The fourth-order valence-corrected chi connectivity index (χ4v) is 5.35. The van der Waals surface area contributed by atoms with E-state index in [9.17, 15) is 18.4 Å². The Morgan fingerprint density at radius 1 is 1.12 bits per heavy atom. The Hall–Kier alpha value is -3.29. The molecule has 1 unspecified atom stereocenters. The number of likely N-dealkylation sites (tertiary alicyclic amines) is 1. The van der Waals surface area contributed by atoms with Gasteiger partial charge in [-0.25, -0.2) is 8.78 Å². The molecule has 178 valence electrons. The predicted octanol–water partition coefficient (Wildman–Crippen LogP) is 4.97. The van der Waals surface area contributed by atoms with E-state index in [1.165, 1.54) is 5.56 Å². The highest BCUT2D eigenvalue weighted by molar-refractivity contribution is 6.04. The quantitative estimate of drug-likeness (QED) is 0.591. The van der Waals surface area contributed by atoms with Crippen LogP contribution in [0, 0.1) is 5.92 Å². The number of halogens is 2. The average Bonchev–Trinajstić information content (AvgIpc) is 3.38. The van der Waals surface area contributed by atoms with Gasteiger partial charge >= 0.3 is 0 Å². The van der Waals surface area contributed by atoms with Gasteiger partial charge in [0.15, 0.2) is 0 Å². The number of anilines is 1. The first kappa shape index (κ1) is 22.5. The molecule has 34 heavy (non-hydrogen) atoms. The number of rotatable bonds is 4. The highest BCUT2D eigenvalue weighted by Crippen LogP contribution is 2.41. The van der Waals surface area contributed by atoms with E-state index in [0.717, 1.165) is 23.7 Å². The van der Waals surface area contributed by atoms with E-state index in [0.29, 0.717) is 24.5 Å². The molecule has 1 aliphatic carbocycles.